The van der Waals surface area contributed by atoms with Crippen LogP contribution in [-0.4, -0.2) is 24.2 Å². The highest BCUT2D eigenvalue weighted by atomic mass is 35.5. The van der Waals surface area contributed by atoms with E-state index >= 15 is 0 Å². The highest BCUT2D eigenvalue weighted by Crippen LogP contribution is 2.21. The fraction of sp³-hybridized carbons (Fsp3) is 0.0909. The number of rotatable bonds is 3. The van der Waals surface area contributed by atoms with Crippen LogP contribution < -0.4 is 0 Å². The van der Waals surface area contributed by atoms with Crippen molar-refractivity contribution < 1.29 is 23.8 Å². The molecule has 0 fully saturated rings. The third kappa shape index (κ3) is 3.29. The van der Waals surface area contributed by atoms with Crippen molar-refractivity contribution in [3.05, 3.63) is 40.2 Å². The Morgan fingerprint density at radius 3 is 2.65 bits per heavy atom. The fourth-order valence-electron chi connectivity index (χ4n) is 1.08. The Morgan fingerprint density at radius 1 is 1.47 bits per heavy atom. The van der Waals surface area contributed by atoms with Crippen LogP contribution in [0.25, 0.3) is 6.08 Å². The Morgan fingerprint density at radius 2 is 2.12 bits per heavy atom. The Hall–Kier alpha value is -1.88. The lowest BCUT2D eigenvalue weighted by Gasteiger charge is -2.02. The molecule has 0 amide bonds. The van der Waals surface area contributed by atoms with Crippen molar-refractivity contribution in [3.63, 3.8) is 0 Å². The Balaban J connectivity index is 3.12. The van der Waals surface area contributed by atoms with E-state index in [2.05, 4.69) is 4.74 Å². The number of carboxylic acids is 1. The van der Waals surface area contributed by atoms with E-state index in [-0.39, 0.29) is 16.1 Å². The number of carboxylic acid groups (broad SMARTS) is 1. The molecule has 90 valence electrons. The second-order valence-corrected chi connectivity index (χ2v) is 3.42. The summed E-state index contributed by atoms with van der Waals surface area (Å²) >= 11 is 5.65. The Bertz CT molecular complexity index is 496. The second kappa shape index (κ2) is 5.45. The lowest BCUT2D eigenvalue weighted by Crippen LogP contribution is -2.00. The molecule has 4 nitrogen and oxygen atoms in total. The van der Waals surface area contributed by atoms with Crippen LogP contribution in [0, 0.1) is 5.82 Å². The summed E-state index contributed by atoms with van der Waals surface area (Å²) in [4.78, 5) is 21.5. The summed E-state index contributed by atoms with van der Waals surface area (Å²) in [5.41, 5.74) is -0.329. The maximum atomic E-state index is 13.4. The summed E-state index contributed by atoms with van der Waals surface area (Å²) in [6, 6.07) is 1.92. The zero-order valence-corrected chi connectivity index (χ0v) is 9.49. The molecule has 1 rings (SSSR count). The topological polar surface area (TPSA) is 63.6 Å². The molecule has 0 aliphatic heterocycles. The molecule has 0 bridgehead atoms. The van der Waals surface area contributed by atoms with Gasteiger partial charge in [-0.25, -0.2) is 14.0 Å². The monoisotopic (exact) mass is 258 g/mol. The third-order valence-electron chi connectivity index (χ3n) is 1.92. The molecule has 0 heterocycles. The van der Waals surface area contributed by atoms with E-state index in [4.69, 9.17) is 16.7 Å². The summed E-state index contributed by atoms with van der Waals surface area (Å²) in [5, 5.41) is 8.59. The van der Waals surface area contributed by atoms with Gasteiger partial charge in [0, 0.05) is 11.6 Å². The summed E-state index contributed by atoms with van der Waals surface area (Å²) in [7, 11) is 1.18. The van der Waals surface area contributed by atoms with Crippen LogP contribution in [0.1, 0.15) is 15.9 Å². The quantitative estimate of drug-likeness (QED) is 0.668. The van der Waals surface area contributed by atoms with Gasteiger partial charge in [-0.2, -0.15) is 0 Å². The van der Waals surface area contributed by atoms with Crippen LogP contribution in [-0.2, 0) is 9.53 Å². The average Bonchev–Trinajstić information content (AvgIpc) is 2.28. The van der Waals surface area contributed by atoms with Gasteiger partial charge in [-0.15, -0.1) is 0 Å². The van der Waals surface area contributed by atoms with Crippen molar-refractivity contribution in [1.82, 2.24) is 0 Å². The summed E-state index contributed by atoms with van der Waals surface area (Å²) in [6.45, 7) is 0. The number of carbonyl (C=O) groups excluding carboxylic acids is 1. The molecule has 0 aromatic heterocycles. The molecule has 0 saturated carbocycles. The first-order valence-electron chi connectivity index (χ1n) is 4.44. The number of ether oxygens (including phenoxy) is 1. The van der Waals surface area contributed by atoms with E-state index in [9.17, 15) is 14.0 Å². The minimum Gasteiger partial charge on any atom is -0.478 e. The predicted molar refractivity (Wildman–Crippen MR) is 59.4 cm³/mol. The molecule has 1 aromatic rings. The van der Waals surface area contributed by atoms with Gasteiger partial charge in [0.25, 0.3) is 0 Å². The molecule has 1 N–H and O–H groups in total. The van der Waals surface area contributed by atoms with Crippen LogP contribution >= 0.6 is 11.6 Å². The van der Waals surface area contributed by atoms with Crippen molar-refractivity contribution in [3.8, 4) is 0 Å². The normalized spacial score (nSPS) is 10.5. The van der Waals surface area contributed by atoms with Crippen LogP contribution in [0.4, 0.5) is 4.39 Å². The van der Waals surface area contributed by atoms with Gasteiger partial charge in [-0.1, -0.05) is 11.6 Å². The highest BCUT2D eigenvalue weighted by Gasteiger charge is 2.12. The van der Waals surface area contributed by atoms with Gasteiger partial charge in [0.15, 0.2) is 0 Å². The van der Waals surface area contributed by atoms with Gasteiger partial charge in [0.2, 0.25) is 0 Å². The first kappa shape index (κ1) is 13.2. The molecule has 0 unspecified atom stereocenters. The standard InChI is InChI=1S/C11H8ClFO4/c1-17-10(14)3-2-6-4-8(12)7(11(15)16)5-9(6)13/h2-5H,1H3,(H,15,16). The number of hydrogen-bond donors (Lipinski definition) is 1. The first-order chi connectivity index (χ1) is 7.95. The number of esters is 1. The van der Waals surface area contributed by atoms with Gasteiger partial charge in [-0.3, -0.25) is 0 Å². The Labute approximate surface area is 101 Å². The van der Waals surface area contributed by atoms with Crippen LogP contribution in [0.2, 0.25) is 5.02 Å². The van der Waals surface area contributed by atoms with Gasteiger partial charge in [0.05, 0.1) is 17.7 Å². The highest BCUT2D eigenvalue weighted by molar-refractivity contribution is 6.33. The lowest BCUT2D eigenvalue weighted by molar-refractivity contribution is -0.134. The fourth-order valence-corrected chi connectivity index (χ4v) is 1.33. The molecular formula is C11H8ClFO4. The number of hydrogen-bond acceptors (Lipinski definition) is 3. The van der Waals surface area contributed by atoms with Crippen LogP contribution in [0.3, 0.4) is 0 Å². The second-order valence-electron chi connectivity index (χ2n) is 3.02. The van der Waals surface area contributed by atoms with Gasteiger partial charge in [-0.05, 0) is 18.2 Å². The van der Waals surface area contributed by atoms with Crippen LogP contribution in [0.15, 0.2) is 18.2 Å². The molecule has 0 atom stereocenters. The van der Waals surface area contributed by atoms with E-state index in [0.717, 1.165) is 24.3 Å². The van der Waals surface area contributed by atoms with Crippen LogP contribution in [0.5, 0.6) is 0 Å². The third-order valence-corrected chi connectivity index (χ3v) is 2.23. The van der Waals surface area contributed by atoms with E-state index in [1.54, 1.807) is 0 Å². The van der Waals surface area contributed by atoms with Crippen molar-refractivity contribution in [2.24, 2.45) is 0 Å². The molecule has 0 spiro atoms. The summed E-state index contributed by atoms with van der Waals surface area (Å²) < 4.78 is 17.7. The molecule has 0 aliphatic carbocycles. The number of methoxy groups -OCH3 is 1. The predicted octanol–water partition coefficient (Wildman–Crippen LogP) is 2.36. The molecular weight excluding hydrogens is 251 g/mol. The minimum absolute atomic E-state index is 0.00500. The zero-order valence-electron chi connectivity index (χ0n) is 8.74. The van der Waals surface area contributed by atoms with Gasteiger partial charge < -0.3 is 9.84 Å². The van der Waals surface area contributed by atoms with Crippen molar-refractivity contribution in [2.45, 2.75) is 0 Å². The first-order valence-corrected chi connectivity index (χ1v) is 4.82. The van der Waals surface area contributed by atoms with E-state index in [1.165, 1.54) is 7.11 Å². The number of benzene rings is 1. The summed E-state index contributed by atoms with van der Waals surface area (Å²) in [5.74, 6) is -2.76. The lowest BCUT2D eigenvalue weighted by atomic mass is 10.1. The van der Waals surface area contributed by atoms with Crippen molar-refractivity contribution in [2.75, 3.05) is 7.11 Å². The molecule has 0 saturated heterocycles. The smallest absolute Gasteiger partial charge is 0.337 e. The molecule has 1 aromatic carbocycles. The average molecular weight is 259 g/mol. The molecule has 0 aliphatic rings. The maximum Gasteiger partial charge on any atom is 0.337 e. The molecule has 6 heteroatoms. The van der Waals surface area contributed by atoms with Gasteiger partial charge >= 0.3 is 11.9 Å². The van der Waals surface area contributed by atoms with Crippen molar-refractivity contribution >= 4 is 29.6 Å². The molecule has 0 radical (unpaired) electrons. The zero-order chi connectivity index (χ0) is 13.0. The van der Waals surface area contributed by atoms with Crippen molar-refractivity contribution in [1.29, 1.82) is 0 Å². The number of halogens is 2. The van der Waals surface area contributed by atoms with E-state index < -0.39 is 17.8 Å². The van der Waals surface area contributed by atoms with E-state index in [0.29, 0.717) is 0 Å². The number of aromatic carboxylic acids is 1. The Kier molecular flexibility index (Phi) is 4.23. The number of carbonyl (C=O) groups is 2. The maximum absolute atomic E-state index is 13.4. The van der Waals surface area contributed by atoms with E-state index in [1.807, 2.05) is 0 Å². The SMILES string of the molecule is COC(=O)C=Cc1cc(Cl)c(C(=O)O)cc1F. The largest absolute Gasteiger partial charge is 0.478 e. The molecule has 17 heavy (non-hydrogen) atoms. The van der Waals surface area contributed by atoms with Gasteiger partial charge in [0.1, 0.15) is 5.82 Å². The minimum atomic E-state index is -1.32. The summed E-state index contributed by atoms with van der Waals surface area (Å²) in [6.07, 6.45) is 2.16.